The molecule has 5 nitrogen and oxygen atoms in total. The molecular formula is C12H15N3O2S2. The van der Waals surface area contributed by atoms with Crippen LogP contribution in [0, 0.1) is 0 Å². The number of sulfonamides is 1. The zero-order valence-electron chi connectivity index (χ0n) is 10.7. The molecule has 0 spiro atoms. The second kappa shape index (κ2) is 5.68. The van der Waals surface area contributed by atoms with Crippen LogP contribution in [0.5, 0.6) is 0 Å². The first-order valence-corrected chi connectivity index (χ1v) is 7.97. The Kier molecular flexibility index (Phi) is 4.18. The summed E-state index contributed by atoms with van der Waals surface area (Å²) >= 11 is 1.53. The van der Waals surface area contributed by atoms with Crippen molar-refractivity contribution in [1.82, 2.24) is 9.29 Å². The van der Waals surface area contributed by atoms with Crippen molar-refractivity contribution in [2.45, 2.75) is 11.4 Å². The van der Waals surface area contributed by atoms with Crippen LogP contribution in [0.4, 0.5) is 5.69 Å². The summed E-state index contributed by atoms with van der Waals surface area (Å²) in [7, 11) is -0.403. The van der Waals surface area contributed by atoms with Gasteiger partial charge in [-0.2, -0.15) is 0 Å². The van der Waals surface area contributed by atoms with Gasteiger partial charge in [0.05, 0.1) is 12.2 Å². The highest BCUT2D eigenvalue weighted by Crippen LogP contribution is 2.23. The highest BCUT2D eigenvalue weighted by molar-refractivity contribution is 7.89. The molecule has 0 aliphatic rings. The van der Waals surface area contributed by atoms with Crippen molar-refractivity contribution < 1.29 is 8.42 Å². The van der Waals surface area contributed by atoms with Crippen molar-refractivity contribution in [2.75, 3.05) is 19.4 Å². The number of hydrogen-bond acceptors (Lipinski definition) is 5. The predicted molar refractivity (Wildman–Crippen MR) is 76.8 cm³/mol. The molecule has 1 heterocycles. The van der Waals surface area contributed by atoms with Gasteiger partial charge in [-0.1, -0.05) is 12.1 Å². The van der Waals surface area contributed by atoms with E-state index in [1.165, 1.54) is 29.7 Å². The average Bonchev–Trinajstić information content (AvgIpc) is 2.89. The summed E-state index contributed by atoms with van der Waals surface area (Å²) in [6, 6.07) is 6.87. The van der Waals surface area contributed by atoms with Gasteiger partial charge in [-0.05, 0) is 12.1 Å². The van der Waals surface area contributed by atoms with Crippen LogP contribution in [-0.4, -0.2) is 31.8 Å². The summed E-state index contributed by atoms with van der Waals surface area (Å²) < 4.78 is 25.6. The standard InChI is InChI=1S/C12H15N3O2S2/c1-15(2)19(16,17)11-6-4-3-5-10(11)14-9-12-13-7-8-18-12/h3-8,14H,9H2,1-2H3. The maximum atomic E-state index is 12.2. The smallest absolute Gasteiger partial charge is 0.244 e. The van der Waals surface area contributed by atoms with E-state index in [-0.39, 0.29) is 4.90 Å². The van der Waals surface area contributed by atoms with Crippen LogP contribution in [-0.2, 0) is 16.6 Å². The third-order valence-corrected chi connectivity index (χ3v) is 5.21. The summed E-state index contributed by atoms with van der Waals surface area (Å²) in [6.45, 7) is 0.512. The summed E-state index contributed by atoms with van der Waals surface area (Å²) in [5.41, 5.74) is 0.589. The molecule has 102 valence electrons. The van der Waals surface area contributed by atoms with Crippen molar-refractivity contribution in [2.24, 2.45) is 0 Å². The minimum Gasteiger partial charge on any atom is -0.377 e. The minimum absolute atomic E-state index is 0.275. The molecule has 1 aromatic carbocycles. The first-order chi connectivity index (χ1) is 9.01. The van der Waals surface area contributed by atoms with E-state index in [0.717, 1.165) is 5.01 Å². The molecule has 0 unspecified atom stereocenters. The first-order valence-electron chi connectivity index (χ1n) is 5.65. The molecule has 0 fully saturated rings. The number of aromatic nitrogens is 1. The van der Waals surface area contributed by atoms with E-state index >= 15 is 0 Å². The maximum absolute atomic E-state index is 12.2. The zero-order valence-corrected chi connectivity index (χ0v) is 12.3. The number of hydrogen-bond donors (Lipinski definition) is 1. The monoisotopic (exact) mass is 297 g/mol. The van der Waals surface area contributed by atoms with E-state index < -0.39 is 10.0 Å². The number of thiazole rings is 1. The first kappa shape index (κ1) is 14.0. The fourth-order valence-electron chi connectivity index (χ4n) is 1.55. The van der Waals surface area contributed by atoms with Crippen LogP contribution in [0.15, 0.2) is 40.7 Å². The lowest BCUT2D eigenvalue weighted by atomic mass is 10.3. The zero-order chi connectivity index (χ0) is 13.9. The fourth-order valence-corrected chi connectivity index (χ4v) is 3.16. The van der Waals surface area contributed by atoms with Crippen molar-refractivity contribution in [3.05, 3.63) is 40.8 Å². The average molecular weight is 297 g/mol. The number of nitrogens with one attached hydrogen (secondary N) is 1. The van der Waals surface area contributed by atoms with Crippen molar-refractivity contribution in [3.8, 4) is 0 Å². The third-order valence-electron chi connectivity index (χ3n) is 2.56. The second-order valence-electron chi connectivity index (χ2n) is 4.06. The molecule has 0 saturated heterocycles. The van der Waals surface area contributed by atoms with Crippen molar-refractivity contribution >= 4 is 27.0 Å². The summed E-state index contributed by atoms with van der Waals surface area (Å²) in [4.78, 5) is 4.43. The lowest BCUT2D eigenvalue weighted by Crippen LogP contribution is -2.23. The molecule has 0 bridgehead atoms. The molecule has 0 aliphatic heterocycles. The van der Waals surface area contributed by atoms with Crippen LogP contribution >= 0.6 is 11.3 Å². The summed E-state index contributed by atoms with van der Waals surface area (Å²) in [5.74, 6) is 0. The molecule has 0 amide bonds. The summed E-state index contributed by atoms with van der Waals surface area (Å²) in [5, 5.41) is 5.92. The Morgan fingerprint density at radius 3 is 2.68 bits per heavy atom. The van der Waals surface area contributed by atoms with Gasteiger partial charge in [-0.15, -0.1) is 11.3 Å². The summed E-state index contributed by atoms with van der Waals surface area (Å²) in [6.07, 6.45) is 1.73. The van der Waals surface area contributed by atoms with Crippen LogP contribution in [0.1, 0.15) is 5.01 Å². The molecule has 0 aliphatic carbocycles. The van der Waals surface area contributed by atoms with Crippen LogP contribution in [0.3, 0.4) is 0 Å². The van der Waals surface area contributed by atoms with Gasteiger partial charge >= 0.3 is 0 Å². The Balaban J connectivity index is 2.27. The van der Waals surface area contributed by atoms with Crippen molar-refractivity contribution in [3.63, 3.8) is 0 Å². The van der Waals surface area contributed by atoms with Gasteiger partial charge in [-0.25, -0.2) is 17.7 Å². The van der Waals surface area contributed by atoms with E-state index in [9.17, 15) is 8.42 Å². The highest BCUT2D eigenvalue weighted by atomic mass is 32.2. The molecule has 1 aromatic heterocycles. The largest absolute Gasteiger partial charge is 0.377 e. The van der Waals surface area contributed by atoms with Gasteiger partial charge in [-0.3, -0.25) is 0 Å². The topological polar surface area (TPSA) is 62.3 Å². The Bertz CT molecular complexity index is 637. The third kappa shape index (κ3) is 3.12. The minimum atomic E-state index is -3.44. The van der Waals surface area contributed by atoms with Crippen LogP contribution < -0.4 is 5.32 Å². The fraction of sp³-hybridized carbons (Fsp3) is 0.250. The predicted octanol–water partition coefficient (Wildman–Crippen LogP) is 2.01. The van der Waals surface area contributed by atoms with Gasteiger partial charge < -0.3 is 5.32 Å². The number of para-hydroxylation sites is 1. The molecule has 0 radical (unpaired) electrons. The Labute approximate surface area is 117 Å². The highest BCUT2D eigenvalue weighted by Gasteiger charge is 2.20. The van der Waals surface area contributed by atoms with Crippen LogP contribution in [0.2, 0.25) is 0 Å². The van der Waals surface area contributed by atoms with Crippen LogP contribution in [0.25, 0.3) is 0 Å². The van der Waals surface area contributed by atoms with E-state index in [0.29, 0.717) is 12.2 Å². The van der Waals surface area contributed by atoms with E-state index in [2.05, 4.69) is 10.3 Å². The molecule has 2 aromatic rings. The Hall–Kier alpha value is -1.44. The van der Waals surface area contributed by atoms with E-state index in [1.807, 2.05) is 5.38 Å². The maximum Gasteiger partial charge on any atom is 0.244 e. The molecule has 2 rings (SSSR count). The number of benzene rings is 1. The van der Waals surface area contributed by atoms with Gasteiger partial charge in [0.2, 0.25) is 10.0 Å². The molecule has 1 N–H and O–H groups in total. The molecule has 19 heavy (non-hydrogen) atoms. The Morgan fingerprint density at radius 2 is 2.05 bits per heavy atom. The van der Waals surface area contributed by atoms with E-state index in [4.69, 9.17) is 0 Å². The SMILES string of the molecule is CN(C)S(=O)(=O)c1ccccc1NCc1nccs1. The lowest BCUT2D eigenvalue weighted by molar-refractivity contribution is 0.521. The molecule has 7 heteroatoms. The van der Waals surface area contributed by atoms with Gasteiger partial charge in [0, 0.05) is 25.7 Å². The normalized spacial score (nSPS) is 11.7. The van der Waals surface area contributed by atoms with Crippen molar-refractivity contribution in [1.29, 1.82) is 0 Å². The van der Waals surface area contributed by atoms with E-state index in [1.54, 1.807) is 30.5 Å². The van der Waals surface area contributed by atoms with Gasteiger partial charge in [0.15, 0.2) is 0 Å². The number of rotatable bonds is 5. The second-order valence-corrected chi connectivity index (χ2v) is 7.16. The number of anilines is 1. The number of nitrogens with zero attached hydrogens (tertiary/aromatic N) is 2. The van der Waals surface area contributed by atoms with Gasteiger partial charge in [0.25, 0.3) is 0 Å². The lowest BCUT2D eigenvalue weighted by Gasteiger charge is -2.15. The molecule has 0 atom stereocenters. The quantitative estimate of drug-likeness (QED) is 0.917. The molecule has 0 saturated carbocycles. The molecular weight excluding hydrogens is 282 g/mol. The Morgan fingerprint density at radius 1 is 1.32 bits per heavy atom. The van der Waals surface area contributed by atoms with Gasteiger partial charge in [0.1, 0.15) is 9.90 Å².